The van der Waals surface area contributed by atoms with Gasteiger partial charge in [0, 0.05) is 18.1 Å². The summed E-state index contributed by atoms with van der Waals surface area (Å²) in [5.41, 5.74) is 1.71. The first-order valence-electron chi connectivity index (χ1n) is 4.62. The Bertz CT molecular complexity index is 392. The normalized spacial score (nSPS) is 29.6. The molecule has 1 unspecified atom stereocenters. The highest BCUT2D eigenvalue weighted by Crippen LogP contribution is 2.28. The first-order valence-corrected chi connectivity index (χ1v) is 4.62. The van der Waals surface area contributed by atoms with Gasteiger partial charge in [0.2, 0.25) is 0 Å². The topological polar surface area (TPSA) is 47.9 Å². The molecule has 3 rings (SSSR count). The Morgan fingerprint density at radius 1 is 1.36 bits per heavy atom. The Morgan fingerprint density at radius 2 is 2.29 bits per heavy atom. The number of amides is 1. The molecule has 4 nitrogen and oxygen atoms in total. The van der Waals surface area contributed by atoms with Gasteiger partial charge in [0.1, 0.15) is 18.5 Å². The van der Waals surface area contributed by atoms with E-state index in [2.05, 4.69) is 4.99 Å². The summed E-state index contributed by atoms with van der Waals surface area (Å²) in [6, 6.07) is 0. The standard InChI is InChI=1S/C10H9NO3/c12-10-4-6-3-8-9(5-7(6)11-10)14-2-1-13-8/h3-4,9H,1-2,5H2. The van der Waals surface area contributed by atoms with E-state index >= 15 is 0 Å². The summed E-state index contributed by atoms with van der Waals surface area (Å²) in [5, 5.41) is 0. The van der Waals surface area contributed by atoms with Gasteiger partial charge in [-0.25, -0.2) is 4.99 Å². The second-order valence-corrected chi connectivity index (χ2v) is 3.46. The van der Waals surface area contributed by atoms with Crippen molar-refractivity contribution in [3.8, 4) is 0 Å². The molecule has 0 radical (unpaired) electrons. The van der Waals surface area contributed by atoms with Crippen molar-refractivity contribution in [2.24, 2.45) is 4.99 Å². The molecular weight excluding hydrogens is 182 g/mol. The molecule has 0 aromatic rings. The molecule has 0 bridgehead atoms. The van der Waals surface area contributed by atoms with Crippen LogP contribution in [0.2, 0.25) is 0 Å². The predicted octanol–water partition coefficient (Wildman–Crippen LogP) is 0.597. The first-order chi connectivity index (χ1) is 6.83. The van der Waals surface area contributed by atoms with Crippen LogP contribution in [0.25, 0.3) is 0 Å². The minimum atomic E-state index is -0.175. The number of hydrogen-bond acceptors (Lipinski definition) is 3. The van der Waals surface area contributed by atoms with Gasteiger partial charge in [-0.3, -0.25) is 4.79 Å². The van der Waals surface area contributed by atoms with Crippen LogP contribution < -0.4 is 0 Å². The van der Waals surface area contributed by atoms with Crippen molar-refractivity contribution in [3.63, 3.8) is 0 Å². The number of rotatable bonds is 0. The summed E-state index contributed by atoms with van der Waals surface area (Å²) < 4.78 is 11.0. The van der Waals surface area contributed by atoms with Crippen LogP contribution in [-0.4, -0.2) is 30.9 Å². The molecule has 1 amide bonds. The Morgan fingerprint density at radius 3 is 3.21 bits per heavy atom. The minimum Gasteiger partial charge on any atom is -0.493 e. The zero-order valence-corrected chi connectivity index (χ0v) is 7.53. The zero-order chi connectivity index (χ0) is 9.54. The third kappa shape index (κ3) is 1.11. The van der Waals surface area contributed by atoms with E-state index in [9.17, 15) is 4.79 Å². The number of carbonyl (C=O) groups is 1. The van der Waals surface area contributed by atoms with Crippen LogP contribution in [0.15, 0.2) is 28.5 Å². The van der Waals surface area contributed by atoms with Crippen LogP contribution in [0.5, 0.6) is 0 Å². The van der Waals surface area contributed by atoms with Gasteiger partial charge in [-0.2, -0.15) is 0 Å². The maximum Gasteiger partial charge on any atom is 0.270 e. The molecular formula is C10H9NO3. The third-order valence-corrected chi connectivity index (χ3v) is 2.52. The molecule has 0 spiro atoms. The molecule has 4 heteroatoms. The zero-order valence-electron chi connectivity index (χ0n) is 7.53. The molecule has 0 aromatic heterocycles. The Kier molecular flexibility index (Phi) is 1.58. The van der Waals surface area contributed by atoms with Gasteiger partial charge in [0.25, 0.3) is 5.91 Å². The van der Waals surface area contributed by atoms with Crippen LogP contribution in [0, 0.1) is 0 Å². The minimum absolute atomic E-state index is 0.0365. The molecule has 3 aliphatic rings. The van der Waals surface area contributed by atoms with Gasteiger partial charge in [-0.05, 0) is 6.08 Å². The maximum atomic E-state index is 11.0. The van der Waals surface area contributed by atoms with Crippen molar-refractivity contribution in [3.05, 3.63) is 23.5 Å². The summed E-state index contributed by atoms with van der Waals surface area (Å²) in [6.45, 7) is 1.21. The van der Waals surface area contributed by atoms with Gasteiger partial charge in [-0.1, -0.05) is 0 Å². The second kappa shape index (κ2) is 2.78. The third-order valence-electron chi connectivity index (χ3n) is 2.52. The molecule has 14 heavy (non-hydrogen) atoms. The van der Waals surface area contributed by atoms with E-state index in [1.54, 1.807) is 0 Å². The van der Waals surface area contributed by atoms with E-state index < -0.39 is 0 Å². The Balaban J connectivity index is 2.00. The smallest absolute Gasteiger partial charge is 0.270 e. The first kappa shape index (κ1) is 7.94. The van der Waals surface area contributed by atoms with Crippen molar-refractivity contribution in [2.75, 3.05) is 13.2 Å². The number of hydrogen-bond donors (Lipinski definition) is 0. The lowest BCUT2D eigenvalue weighted by Crippen LogP contribution is -2.32. The monoisotopic (exact) mass is 191 g/mol. The quantitative estimate of drug-likeness (QED) is 0.563. The molecule has 1 fully saturated rings. The Labute approximate surface area is 80.9 Å². The van der Waals surface area contributed by atoms with Gasteiger partial charge < -0.3 is 9.47 Å². The average Bonchev–Trinajstić information content (AvgIpc) is 2.53. The summed E-state index contributed by atoms with van der Waals surface area (Å²) in [5.74, 6) is 0.654. The van der Waals surface area contributed by atoms with Crippen molar-refractivity contribution in [2.45, 2.75) is 12.5 Å². The summed E-state index contributed by atoms with van der Waals surface area (Å²) in [7, 11) is 0. The van der Waals surface area contributed by atoms with Gasteiger partial charge in [0.15, 0.2) is 0 Å². The molecule has 1 saturated heterocycles. The fourth-order valence-electron chi connectivity index (χ4n) is 1.88. The predicted molar refractivity (Wildman–Crippen MR) is 48.9 cm³/mol. The highest BCUT2D eigenvalue weighted by Gasteiger charge is 2.31. The van der Waals surface area contributed by atoms with E-state index in [1.165, 1.54) is 6.08 Å². The molecule has 2 aliphatic heterocycles. The van der Waals surface area contributed by atoms with Crippen LogP contribution in [0.4, 0.5) is 0 Å². The lowest BCUT2D eigenvalue weighted by atomic mass is 9.96. The molecule has 1 aliphatic carbocycles. The molecule has 0 saturated carbocycles. The molecule has 1 atom stereocenters. The SMILES string of the molecule is O=C1C=C2C=C3OCCOC3CC2=N1. The maximum absolute atomic E-state index is 11.0. The largest absolute Gasteiger partial charge is 0.493 e. The number of nitrogens with zero attached hydrogens (tertiary/aromatic N) is 1. The molecule has 72 valence electrons. The average molecular weight is 191 g/mol. The number of allylic oxidation sites excluding steroid dienone is 2. The summed E-state index contributed by atoms with van der Waals surface area (Å²) >= 11 is 0. The lowest BCUT2D eigenvalue weighted by Gasteiger charge is -2.29. The van der Waals surface area contributed by atoms with Crippen LogP contribution in [0.3, 0.4) is 0 Å². The number of fused-ring (bicyclic) bond motifs is 2. The van der Waals surface area contributed by atoms with Gasteiger partial charge >= 0.3 is 0 Å². The molecule has 0 N–H and O–H groups in total. The van der Waals surface area contributed by atoms with E-state index in [1.807, 2.05) is 6.08 Å². The fourth-order valence-corrected chi connectivity index (χ4v) is 1.88. The van der Waals surface area contributed by atoms with E-state index in [-0.39, 0.29) is 12.0 Å². The Hall–Kier alpha value is -1.42. The summed E-state index contributed by atoms with van der Waals surface area (Å²) in [4.78, 5) is 14.9. The van der Waals surface area contributed by atoms with E-state index in [4.69, 9.17) is 9.47 Å². The van der Waals surface area contributed by atoms with Crippen LogP contribution in [-0.2, 0) is 14.3 Å². The molecule has 0 aromatic carbocycles. The van der Waals surface area contributed by atoms with E-state index in [0.29, 0.717) is 19.6 Å². The van der Waals surface area contributed by atoms with Crippen LogP contribution in [0.1, 0.15) is 6.42 Å². The summed E-state index contributed by atoms with van der Waals surface area (Å²) in [6.07, 6.45) is 4.02. The van der Waals surface area contributed by atoms with Crippen molar-refractivity contribution in [1.82, 2.24) is 0 Å². The van der Waals surface area contributed by atoms with Crippen molar-refractivity contribution >= 4 is 11.6 Å². The van der Waals surface area contributed by atoms with E-state index in [0.717, 1.165) is 17.0 Å². The fraction of sp³-hybridized carbons (Fsp3) is 0.400. The van der Waals surface area contributed by atoms with Crippen molar-refractivity contribution in [1.29, 1.82) is 0 Å². The van der Waals surface area contributed by atoms with Gasteiger partial charge in [-0.15, -0.1) is 0 Å². The molecule has 2 heterocycles. The number of aliphatic imine (C=N–C) groups is 1. The highest BCUT2D eigenvalue weighted by molar-refractivity contribution is 6.18. The number of ether oxygens (including phenoxy) is 2. The second-order valence-electron chi connectivity index (χ2n) is 3.46. The highest BCUT2D eigenvalue weighted by atomic mass is 16.6. The number of carbonyl (C=O) groups excluding carboxylic acids is 1. The van der Waals surface area contributed by atoms with Gasteiger partial charge in [0.05, 0.1) is 12.3 Å². The lowest BCUT2D eigenvalue weighted by molar-refractivity contribution is -0.113. The van der Waals surface area contributed by atoms with Crippen LogP contribution >= 0.6 is 0 Å². The van der Waals surface area contributed by atoms with Crippen molar-refractivity contribution < 1.29 is 14.3 Å².